The minimum Gasteiger partial charge on any atom is -0.439 e. The van der Waals surface area contributed by atoms with Gasteiger partial charge in [-0.2, -0.15) is 0 Å². The molecule has 0 spiro atoms. The number of anilines is 2. The Labute approximate surface area is 183 Å². The van der Waals surface area contributed by atoms with Crippen molar-refractivity contribution in [1.29, 1.82) is 0 Å². The van der Waals surface area contributed by atoms with Gasteiger partial charge in [0.15, 0.2) is 11.5 Å². The summed E-state index contributed by atoms with van der Waals surface area (Å²) in [5.74, 6) is 0.464. The average molecular weight is 432 g/mol. The maximum absolute atomic E-state index is 12.7. The first-order valence-electron chi connectivity index (χ1n) is 10.3. The molecule has 7 heteroatoms. The maximum atomic E-state index is 12.7. The summed E-state index contributed by atoms with van der Waals surface area (Å²) in [5.41, 5.74) is 3.71. The molecule has 1 aliphatic heterocycles. The van der Waals surface area contributed by atoms with Crippen molar-refractivity contribution in [2.75, 3.05) is 23.3 Å². The molecule has 0 aliphatic carbocycles. The first-order valence-corrected chi connectivity index (χ1v) is 11.2. The zero-order chi connectivity index (χ0) is 21.2. The van der Waals surface area contributed by atoms with Crippen molar-refractivity contribution < 1.29 is 9.21 Å². The van der Waals surface area contributed by atoms with Crippen LogP contribution in [0, 0.1) is 0 Å². The highest BCUT2D eigenvalue weighted by Gasteiger charge is 2.18. The van der Waals surface area contributed by atoms with Crippen molar-refractivity contribution in [1.82, 2.24) is 4.98 Å². The predicted molar refractivity (Wildman–Crippen MR) is 124 cm³/mol. The lowest BCUT2D eigenvalue weighted by molar-refractivity contribution is 0.102. The second-order valence-electron chi connectivity index (χ2n) is 7.57. The number of fused-ring (bicyclic) bond motifs is 1. The first-order chi connectivity index (χ1) is 15.2. The molecule has 31 heavy (non-hydrogen) atoms. The lowest BCUT2D eigenvalue weighted by atomic mass is 10.1. The maximum Gasteiger partial charge on any atom is 0.255 e. The van der Waals surface area contributed by atoms with Gasteiger partial charge in [-0.25, -0.2) is 0 Å². The number of thiophene rings is 1. The van der Waals surface area contributed by atoms with Crippen LogP contribution in [0.25, 0.3) is 21.4 Å². The van der Waals surface area contributed by atoms with Crippen molar-refractivity contribution in [3.05, 3.63) is 76.0 Å². The van der Waals surface area contributed by atoms with Gasteiger partial charge in [0.1, 0.15) is 4.70 Å². The van der Waals surface area contributed by atoms with E-state index >= 15 is 0 Å². The Kier molecular flexibility index (Phi) is 5.26. The van der Waals surface area contributed by atoms with E-state index in [1.54, 1.807) is 30.6 Å². The van der Waals surface area contributed by atoms with Gasteiger partial charge in [-0.05, 0) is 49.1 Å². The van der Waals surface area contributed by atoms with Crippen molar-refractivity contribution >= 4 is 39.1 Å². The van der Waals surface area contributed by atoms with Crippen LogP contribution in [0.1, 0.15) is 29.6 Å². The molecule has 0 radical (unpaired) electrons. The summed E-state index contributed by atoms with van der Waals surface area (Å²) < 4.78 is 6.85. The van der Waals surface area contributed by atoms with E-state index in [0.717, 1.165) is 37.1 Å². The number of carbonyl (C=O) groups is 1. The lowest BCUT2D eigenvalue weighted by Crippen LogP contribution is -2.29. The molecule has 1 amide bonds. The number of aromatic nitrogens is 1. The van der Waals surface area contributed by atoms with E-state index in [0.29, 0.717) is 27.4 Å². The van der Waals surface area contributed by atoms with Crippen LogP contribution in [0.15, 0.2) is 69.5 Å². The molecule has 1 fully saturated rings. The number of hydrogen-bond acceptors (Lipinski definition) is 6. The molecule has 1 aromatic carbocycles. The first kappa shape index (κ1) is 19.5. The summed E-state index contributed by atoms with van der Waals surface area (Å²) >= 11 is 1.40. The Morgan fingerprint density at radius 1 is 1.03 bits per heavy atom. The van der Waals surface area contributed by atoms with Gasteiger partial charge in [-0.1, -0.05) is 12.1 Å². The molecule has 1 saturated heterocycles. The summed E-state index contributed by atoms with van der Waals surface area (Å²) in [6.45, 7) is 1.83. The van der Waals surface area contributed by atoms with Gasteiger partial charge in [-0.3, -0.25) is 14.6 Å². The van der Waals surface area contributed by atoms with Gasteiger partial charge in [0.2, 0.25) is 5.43 Å². The van der Waals surface area contributed by atoms with E-state index in [9.17, 15) is 9.59 Å². The quantitative estimate of drug-likeness (QED) is 0.483. The molecule has 0 unspecified atom stereocenters. The summed E-state index contributed by atoms with van der Waals surface area (Å²) in [6, 6.07) is 12.5. The Morgan fingerprint density at radius 3 is 2.52 bits per heavy atom. The number of hydrogen-bond donors (Lipinski definition) is 1. The summed E-state index contributed by atoms with van der Waals surface area (Å²) in [5, 5.41) is 4.84. The fraction of sp³-hybridized carbons (Fsp3) is 0.208. The minimum atomic E-state index is -0.187. The normalized spacial score (nSPS) is 14.0. The third-order valence-corrected chi connectivity index (χ3v) is 6.47. The molecule has 0 saturated carbocycles. The molecule has 156 valence electrons. The number of rotatable bonds is 4. The molecular formula is C24H21N3O3S. The lowest BCUT2D eigenvalue weighted by Gasteiger charge is -2.26. The van der Waals surface area contributed by atoms with Gasteiger partial charge >= 0.3 is 0 Å². The van der Waals surface area contributed by atoms with Gasteiger partial charge in [0.25, 0.3) is 5.91 Å². The third-order valence-electron chi connectivity index (χ3n) is 5.49. The van der Waals surface area contributed by atoms with Crippen molar-refractivity contribution in [3.63, 3.8) is 0 Å². The van der Waals surface area contributed by atoms with E-state index in [1.807, 2.05) is 29.6 Å². The van der Waals surface area contributed by atoms with E-state index in [-0.39, 0.29) is 11.3 Å². The number of amides is 1. The summed E-state index contributed by atoms with van der Waals surface area (Å²) in [7, 11) is 0. The predicted octanol–water partition coefficient (Wildman–Crippen LogP) is 5.16. The second-order valence-corrected chi connectivity index (χ2v) is 8.45. The van der Waals surface area contributed by atoms with E-state index in [1.165, 1.54) is 17.8 Å². The topological polar surface area (TPSA) is 75.4 Å². The van der Waals surface area contributed by atoms with Crippen LogP contribution >= 0.6 is 11.3 Å². The number of piperidine rings is 1. The van der Waals surface area contributed by atoms with E-state index in [2.05, 4.69) is 15.2 Å². The number of benzene rings is 1. The number of carbonyl (C=O) groups excluding carboxylic acids is 1. The molecule has 4 heterocycles. The molecular weight excluding hydrogens is 410 g/mol. The molecule has 6 nitrogen and oxygen atoms in total. The van der Waals surface area contributed by atoms with E-state index < -0.39 is 0 Å². The van der Waals surface area contributed by atoms with Crippen molar-refractivity contribution in [2.24, 2.45) is 0 Å². The zero-order valence-electron chi connectivity index (χ0n) is 16.8. The Bertz CT molecular complexity index is 1270. The van der Waals surface area contributed by atoms with Crippen LogP contribution in [0.3, 0.4) is 0 Å². The smallest absolute Gasteiger partial charge is 0.255 e. The Balaban J connectivity index is 1.43. The molecule has 0 atom stereocenters. The van der Waals surface area contributed by atoms with Gasteiger partial charge < -0.3 is 14.6 Å². The molecule has 0 bridgehead atoms. The van der Waals surface area contributed by atoms with Crippen LogP contribution in [0.2, 0.25) is 0 Å². The molecule has 4 aromatic rings. The van der Waals surface area contributed by atoms with Crippen LogP contribution in [-0.4, -0.2) is 24.0 Å². The monoisotopic (exact) mass is 431 g/mol. The molecule has 1 aliphatic rings. The molecule has 3 aromatic heterocycles. The van der Waals surface area contributed by atoms with Crippen LogP contribution in [0.4, 0.5) is 11.6 Å². The Hall–Kier alpha value is -3.45. The standard InChI is InChI=1S/C24H21N3O3S/c28-20-14-21(27-12-2-1-3-13-27)30-22-19(15-31-23(20)22)16-4-6-18(7-5-16)26-24(29)17-8-10-25-11-9-17/h4-11,14-15H,1-3,12-13H2,(H,26,29). The fourth-order valence-corrected chi connectivity index (χ4v) is 4.75. The second kappa shape index (κ2) is 8.35. The molecule has 1 N–H and O–H groups in total. The van der Waals surface area contributed by atoms with Gasteiger partial charge in [0, 0.05) is 53.7 Å². The SMILES string of the molecule is O=C(Nc1ccc(-c2csc3c(=O)cc(N4CCCCC4)oc23)cc1)c1ccncc1. The van der Waals surface area contributed by atoms with Crippen LogP contribution in [-0.2, 0) is 0 Å². The van der Waals surface area contributed by atoms with Gasteiger partial charge in [-0.15, -0.1) is 11.3 Å². The third kappa shape index (κ3) is 3.96. The van der Waals surface area contributed by atoms with Gasteiger partial charge in [0.05, 0.1) is 0 Å². The van der Waals surface area contributed by atoms with E-state index in [4.69, 9.17) is 4.42 Å². The number of nitrogens with one attached hydrogen (secondary N) is 1. The fourth-order valence-electron chi connectivity index (χ4n) is 3.84. The number of nitrogens with zero attached hydrogens (tertiary/aromatic N) is 2. The minimum absolute atomic E-state index is 0.000641. The van der Waals surface area contributed by atoms with Crippen LogP contribution in [0.5, 0.6) is 0 Å². The highest BCUT2D eigenvalue weighted by molar-refractivity contribution is 7.17. The van der Waals surface area contributed by atoms with Crippen molar-refractivity contribution in [2.45, 2.75) is 19.3 Å². The van der Waals surface area contributed by atoms with Crippen molar-refractivity contribution in [3.8, 4) is 11.1 Å². The average Bonchev–Trinajstić information content (AvgIpc) is 3.25. The highest BCUT2D eigenvalue weighted by Crippen LogP contribution is 2.35. The summed E-state index contributed by atoms with van der Waals surface area (Å²) in [6.07, 6.45) is 6.63. The zero-order valence-corrected chi connectivity index (χ0v) is 17.7. The number of pyridine rings is 1. The van der Waals surface area contributed by atoms with Crippen LogP contribution < -0.4 is 15.6 Å². The largest absolute Gasteiger partial charge is 0.439 e. The highest BCUT2D eigenvalue weighted by atomic mass is 32.1. The summed E-state index contributed by atoms with van der Waals surface area (Å²) in [4.78, 5) is 31.1. The Morgan fingerprint density at radius 2 is 1.77 bits per heavy atom. The molecule has 5 rings (SSSR count).